The first-order valence-electron chi connectivity index (χ1n) is 11.6. The molecule has 34 heavy (non-hydrogen) atoms. The van der Waals surface area contributed by atoms with Gasteiger partial charge in [0, 0.05) is 6.16 Å². The van der Waals surface area contributed by atoms with E-state index in [0.717, 1.165) is 12.6 Å². The minimum Gasteiger partial charge on any atom is -0.108 e. The third-order valence-electron chi connectivity index (χ3n) is 6.15. The lowest BCUT2D eigenvalue weighted by Gasteiger charge is -2.40. The molecule has 4 aromatic rings. The second kappa shape index (κ2) is 10.8. The predicted octanol–water partition coefficient (Wildman–Crippen LogP) is 7.07. The third kappa shape index (κ3) is 4.96. The Morgan fingerprint density at radius 3 is 1.38 bits per heavy atom. The summed E-state index contributed by atoms with van der Waals surface area (Å²) in [5.41, 5.74) is 1.33. The maximum Gasteiger partial charge on any atom is 0.0981 e. The maximum atomic E-state index is 8.01. The average Bonchev–Trinajstić information content (AvgIpc) is 3.46. The lowest BCUT2D eigenvalue weighted by molar-refractivity contribution is 0.991. The Hall–Kier alpha value is -2.49. The first-order valence-corrected chi connectivity index (χ1v) is 14.8. The second-order valence-corrected chi connectivity index (χ2v) is 13.9. The van der Waals surface area contributed by atoms with E-state index in [0.29, 0.717) is 0 Å². The van der Waals surface area contributed by atoms with Crippen LogP contribution in [-0.4, -0.2) is 10.8 Å². The van der Waals surface area contributed by atoms with Crippen molar-refractivity contribution in [1.82, 2.24) is 0 Å². The molecule has 1 aliphatic rings. The van der Waals surface area contributed by atoms with Crippen molar-refractivity contribution in [3.8, 4) is 0 Å². The molecule has 0 radical (unpaired) electrons. The van der Waals surface area contributed by atoms with Crippen molar-refractivity contribution in [1.29, 1.82) is 0 Å². The maximum absolute atomic E-state index is 8.01. The SMILES string of the molecule is ClC(CP(c1ccccc1)c1ccccc1)(C1=CC=CC1)P(c1ccccc1)c1ccccc1. The number of hydrogen-bond acceptors (Lipinski definition) is 0. The molecular weight excluding hydrogens is 470 g/mol. The van der Waals surface area contributed by atoms with E-state index in [2.05, 4.69) is 140 Å². The molecule has 1 unspecified atom stereocenters. The van der Waals surface area contributed by atoms with Crippen LogP contribution in [0.1, 0.15) is 6.42 Å². The molecule has 0 saturated heterocycles. The normalized spacial score (nSPS) is 14.9. The fourth-order valence-electron chi connectivity index (χ4n) is 4.52. The molecule has 3 heteroatoms. The molecule has 0 bridgehead atoms. The Bertz CT molecular complexity index is 1180. The Morgan fingerprint density at radius 2 is 1.00 bits per heavy atom. The minimum absolute atomic E-state index is 0.501. The van der Waals surface area contributed by atoms with Crippen molar-refractivity contribution in [3.63, 3.8) is 0 Å². The van der Waals surface area contributed by atoms with E-state index in [1.54, 1.807) is 0 Å². The van der Waals surface area contributed by atoms with Crippen molar-refractivity contribution in [3.05, 3.63) is 145 Å². The summed E-state index contributed by atoms with van der Waals surface area (Å²) in [6.45, 7) is 0. The molecule has 0 nitrogen and oxygen atoms in total. The van der Waals surface area contributed by atoms with Crippen molar-refractivity contribution in [2.75, 3.05) is 6.16 Å². The summed E-state index contributed by atoms with van der Waals surface area (Å²) < 4.78 is -0.501. The van der Waals surface area contributed by atoms with E-state index in [4.69, 9.17) is 11.6 Å². The zero-order valence-corrected chi connectivity index (χ0v) is 21.5. The topological polar surface area (TPSA) is 0 Å². The molecule has 0 spiro atoms. The Labute approximate surface area is 210 Å². The van der Waals surface area contributed by atoms with Crippen LogP contribution in [-0.2, 0) is 0 Å². The number of rotatable bonds is 8. The van der Waals surface area contributed by atoms with Crippen LogP contribution in [0.2, 0.25) is 0 Å². The predicted molar refractivity (Wildman–Crippen MR) is 153 cm³/mol. The van der Waals surface area contributed by atoms with Gasteiger partial charge in [-0.2, -0.15) is 0 Å². The van der Waals surface area contributed by atoms with Crippen LogP contribution in [0.4, 0.5) is 0 Å². The highest BCUT2D eigenvalue weighted by atomic mass is 35.5. The molecule has 1 atom stereocenters. The van der Waals surface area contributed by atoms with E-state index in [-0.39, 0.29) is 0 Å². The lowest BCUT2D eigenvalue weighted by atomic mass is 10.2. The summed E-state index contributed by atoms with van der Waals surface area (Å²) in [6.07, 6.45) is 8.47. The summed E-state index contributed by atoms with van der Waals surface area (Å²) >= 11 is 8.01. The van der Waals surface area contributed by atoms with Gasteiger partial charge < -0.3 is 0 Å². The van der Waals surface area contributed by atoms with Crippen LogP contribution in [0.15, 0.2) is 145 Å². The molecular formula is C31H27ClP2. The van der Waals surface area contributed by atoms with E-state index < -0.39 is 20.5 Å². The monoisotopic (exact) mass is 496 g/mol. The third-order valence-corrected chi connectivity index (χ3v) is 12.9. The molecule has 0 amide bonds. The standard InChI is InChI=1S/C31H27ClP2/c32-31(26-15-13-14-16-26,34(29-21-9-3-10-22-29)30-23-11-4-12-24-30)25-33(27-17-5-1-6-18-27)28-19-7-2-8-20-28/h1-15,17-24H,16,25H2. The Kier molecular flexibility index (Phi) is 7.42. The van der Waals surface area contributed by atoms with Gasteiger partial charge in [-0.3, -0.25) is 0 Å². The van der Waals surface area contributed by atoms with E-state index in [9.17, 15) is 0 Å². The van der Waals surface area contributed by atoms with E-state index >= 15 is 0 Å². The van der Waals surface area contributed by atoms with Gasteiger partial charge in [0.05, 0.1) is 4.62 Å². The summed E-state index contributed by atoms with van der Waals surface area (Å²) in [5, 5.41) is 5.39. The van der Waals surface area contributed by atoms with Gasteiger partial charge in [0.1, 0.15) is 0 Å². The van der Waals surface area contributed by atoms with Gasteiger partial charge in [-0.25, -0.2) is 0 Å². The molecule has 0 N–H and O–H groups in total. The second-order valence-electron chi connectivity index (χ2n) is 8.35. The van der Waals surface area contributed by atoms with Gasteiger partial charge >= 0.3 is 0 Å². The molecule has 5 rings (SSSR count). The quantitative estimate of drug-likeness (QED) is 0.181. The number of alkyl halides is 1. The van der Waals surface area contributed by atoms with Crippen LogP contribution >= 0.6 is 27.4 Å². The average molecular weight is 497 g/mol. The van der Waals surface area contributed by atoms with Gasteiger partial charge in [-0.1, -0.05) is 140 Å². The molecule has 4 aromatic carbocycles. The Morgan fingerprint density at radius 1 is 0.588 bits per heavy atom. The van der Waals surface area contributed by atoms with Crippen molar-refractivity contribution in [2.24, 2.45) is 0 Å². The number of halogens is 1. The van der Waals surface area contributed by atoms with Crippen LogP contribution in [0.25, 0.3) is 0 Å². The molecule has 0 fully saturated rings. The molecule has 168 valence electrons. The van der Waals surface area contributed by atoms with Gasteiger partial charge in [0.15, 0.2) is 0 Å². The molecule has 1 aliphatic carbocycles. The minimum atomic E-state index is -0.847. The molecule has 0 heterocycles. The lowest BCUT2D eigenvalue weighted by Crippen LogP contribution is -2.36. The van der Waals surface area contributed by atoms with Gasteiger partial charge in [-0.15, -0.1) is 11.6 Å². The van der Waals surface area contributed by atoms with Gasteiger partial charge in [0.2, 0.25) is 0 Å². The number of benzene rings is 4. The zero-order valence-electron chi connectivity index (χ0n) is 19.0. The van der Waals surface area contributed by atoms with Crippen LogP contribution in [0, 0.1) is 0 Å². The Balaban J connectivity index is 1.68. The van der Waals surface area contributed by atoms with Crippen LogP contribution in [0.3, 0.4) is 0 Å². The number of allylic oxidation sites excluding steroid dienone is 4. The zero-order chi connectivity index (χ0) is 23.2. The van der Waals surface area contributed by atoms with Crippen molar-refractivity contribution >= 4 is 48.7 Å². The van der Waals surface area contributed by atoms with Crippen molar-refractivity contribution in [2.45, 2.75) is 11.0 Å². The summed E-state index contributed by atoms with van der Waals surface area (Å²) in [7, 11) is -1.50. The largest absolute Gasteiger partial charge is 0.108 e. The smallest absolute Gasteiger partial charge is 0.0981 e. The first kappa shape index (κ1) is 23.3. The van der Waals surface area contributed by atoms with Gasteiger partial charge in [0.25, 0.3) is 0 Å². The molecule has 0 aliphatic heterocycles. The fourth-order valence-corrected chi connectivity index (χ4v) is 11.5. The summed E-state index contributed by atoms with van der Waals surface area (Å²) in [6, 6.07) is 43.6. The first-order chi connectivity index (χ1) is 16.8. The summed E-state index contributed by atoms with van der Waals surface area (Å²) in [4.78, 5) is 0. The molecule has 0 aromatic heterocycles. The molecule has 0 saturated carbocycles. The highest BCUT2D eigenvalue weighted by Crippen LogP contribution is 2.60. The highest BCUT2D eigenvalue weighted by Gasteiger charge is 2.44. The van der Waals surface area contributed by atoms with E-state index in [1.165, 1.54) is 26.8 Å². The van der Waals surface area contributed by atoms with Gasteiger partial charge in [-0.05, 0) is 49.1 Å². The van der Waals surface area contributed by atoms with E-state index in [1.807, 2.05) is 0 Å². The highest BCUT2D eigenvalue weighted by molar-refractivity contribution is 7.79. The summed E-state index contributed by atoms with van der Waals surface area (Å²) in [5.74, 6) is 0. The van der Waals surface area contributed by atoms with Crippen LogP contribution in [0.5, 0.6) is 0 Å². The fraction of sp³-hybridized carbons (Fsp3) is 0.0968. The number of hydrogen-bond donors (Lipinski definition) is 0. The van der Waals surface area contributed by atoms with Crippen molar-refractivity contribution < 1.29 is 0 Å². The van der Waals surface area contributed by atoms with Crippen LogP contribution < -0.4 is 21.2 Å².